The Morgan fingerprint density at radius 2 is 1.74 bits per heavy atom. The van der Waals surface area contributed by atoms with Gasteiger partial charge >= 0.3 is 12.1 Å². The van der Waals surface area contributed by atoms with E-state index in [4.69, 9.17) is 18.9 Å². The molecule has 0 aliphatic carbocycles. The number of amides is 1. The molecule has 1 aromatic rings. The summed E-state index contributed by atoms with van der Waals surface area (Å²) in [4.78, 5) is 34.2. The molecule has 1 aromatic carbocycles. The molecule has 0 aliphatic heterocycles. The van der Waals surface area contributed by atoms with E-state index in [-0.39, 0.29) is 22.7 Å². The molecule has 10 nitrogen and oxygen atoms in total. The number of esters is 1. The lowest BCUT2D eigenvalue weighted by Crippen LogP contribution is -2.36. The first-order valence-corrected chi connectivity index (χ1v) is 8.05. The van der Waals surface area contributed by atoms with Crippen LogP contribution in [0.25, 0.3) is 0 Å². The summed E-state index contributed by atoms with van der Waals surface area (Å²) < 4.78 is 20.4. The Hall–Kier alpha value is -3.04. The fourth-order valence-electron chi connectivity index (χ4n) is 2.13. The Morgan fingerprint density at radius 3 is 2.22 bits per heavy atom. The van der Waals surface area contributed by atoms with Crippen molar-refractivity contribution >= 4 is 17.7 Å². The molecule has 0 aliphatic rings. The monoisotopic (exact) mass is 384 g/mol. The van der Waals surface area contributed by atoms with Crippen LogP contribution in [0.2, 0.25) is 0 Å². The predicted molar refractivity (Wildman–Crippen MR) is 94.9 cm³/mol. The van der Waals surface area contributed by atoms with Crippen LogP contribution in [-0.2, 0) is 14.3 Å². The largest absolute Gasteiger partial charge is 0.493 e. The van der Waals surface area contributed by atoms with Crippen LogP contribution in [0, 0.1) is 10.1 Å². The van der Waals surface area contributed by atoms with E-state index in [1.165, 1.54) is 33.3 Å². The predicted octanol–water partition coefficient (Wildman–Crippen LogP) is 2.74. The molecule has 0 radical (unpaired) electrons. The SMILES string of the molecule is COc1cc(C(C)OC(=O)CNC(=O)OC(C)(C)C)c([N+](=O)[O-])cc1OC. The molecule has 1 amide bonds. The molecule has 0 bridgehead atoms. The van der Waals surface area contributed by atoms with E-state index in [1.54, 1.807) is 20.8 Å². The molecular weight excluding hydrogens is 360 g/mol. The van der Waals surface area contributed by atoms with Crippen LogP contribution >= 0.6 is 0 Å². The molecule has 0 spiro atoms. The van der Waals surface area contributed by atoms with E-state index in [1.807, 2.05) is 0 Å². The number of nitro groups is 1. The minimum Gasteiger partial charge on any atom is -0.493 e. The maximum Gasteiger partial charge on any atom is 0.408 e. The number of hydrogen-bond acceptors (Lipinski definition) is 8. The Labute approximate surface area is 156 Å². The van der Waals surface area contributed by atoms with E-state index in [2.05, 4.69) is 5.32 Å². The summed E-state index contributed by atoms with van der Waals surface area (Å²) in [5.74, 6) is -0.344. The van der Waals surface area contributed by atoms with Crippen LogP contribution in [0.5, 0.6) is 11.5 Å². The van der Waals surface area contributed by atoms with Crippen molar-refractivity contribution in [2.45, 2.75) is 39.4 Å². The van der Waals surface area contributed by atoms with E-state index in [0.717, 1.165) is 0 Å². The number of carbonyl (C=O) groups excluding carboxylic acids is 2. The van der Waals surface area contributed by atoms with Crippen molar-refractivity contribution < 1.29 is 33.5 Å². The fourth-order valence-corrected chi connectivity index (χ4v) is 2.13. The van der Waals surface area contributed by atoms with Gasteiger partial charge in [0.2, 0.25) is 0 Å². The molecule has 27 heavy (non-hydrogen) atoms. The zero-order valence-corrected chi connectivity index (χ0v) is 16.2. The highest BCUT2D eigenvalue weighted by Crippen LogP contribution is 2.38. The van der Waals surface area contributed by atoms with E-state index in [0.29, 0.717) is 0 Å². The highest BCUT2D eigenvalue weighted by atomic mass is 16.6. The van der Waals surface area contributed by atoms with Crippen LogP contribution in [0.4, 0.5) is 10.5 Å². The van der Waals surface area contributed by atoms with Crippen molar-refractivity contribution in [1.82, 2.24) is 5.32 Å². The summed E-state index contributed by atoms with van der Waals surface area (Å²) in [6.07, 6.45) is -1.73. The quantitative estimate of drug-likeness (QED) is 0.432. The van der Waals surface area contributed by atoms with Crippen LogP contribution in [-0.4, -0.2) is 43.4 Å². The van der Waals surface area contributed by atoms with E-state index in [9.17, 15) is 19.7 Å². The van der Waals surface area contributed by atoms with Gasteiger partial charge in [0.15, 0.2) is 11.5 Å². The number of rotatable bonds is 7. The van der Waals surface area contributed by atoms with Gasteiger partial charge in [-0.2, -0.15) is 0 Å². The lowest BCUT2D eigenvalue weighted by Gasteiger charge is -2.20. The molecule has 0 aromatic heterocycles. The Morgan fingerprint density at radius 1 is 1.19 bits per heavy atom. The second kappa shape index (κ2) is 9.06. The van der Waals surface area contributed by atoms with Gasteiger partial charge in [0.25, 0.3) is 5.69 Å². The molecule has 150 valence electrons. The first-order valence-electron chi connectivity index (χ1n) is 8.05. The molecule has 0 heterocycles. The smallest absolute Gasteiger partial charge is 0.408 e. The summed E-state index contributed by atoms with van der Waals surface area (Å²) in [5.41, 5.74) is -0.863. The average molecular weight is 384 g/mol. The van der Waals surface area contributed by atoms with Crippen LogP contribution in [0.3, 0.4) is 0 Å². The number of benzene rings is 1. The van der Waals surface area contributed by atoms with Gasteiger partial charge in [-0.25, -0.2) is 4.79 Å². The number of nitrogens with zero attached hydrogens (tertiary/aromatic N) is 1. The number of ether oxygens (including phenoxy) is 4. The van der Waals surface area contributed by atoms with Crippen LogP contribution < -0.4 is 14.8 Å². The minimum atomic E-state index is -0.960. The van der Waals surface area contributed by atoms with Crippen LogP contribution in [0.15, 0.2) is 12.1 Å². The normalized spacial score (nSPS) is 11.9. The highest BCUT2D eigenvalue weighted by Gasteiger charge is 2.26. The van der Waals surface area contributed by atoms with Gasteiger partial charge < -0.3 is 24.3 Å². The van der Waals surface area contributed by atoms with Gasteiger partial charge in [0, 0.05) is 0 Å². The summed E-state index contributed by atoms with van der Waals surface area (Å²) in [5, 5.41) is 13.6. The topological polar surface area (TPSA) is 126 Å². The van der Waals surface area contributed by atoms with Gasteiger partial charge in [0.1, 0.15) is 18.2 Å². The summed E-state index contributed by atoms with van der Waals surface area (Å²) in [6, 6.07) is 2.56. The Kier molecular flexibility index (Phi) is 7.38. The molecule has 0 saturated carbocycles. The molecular formula is C17H24N2O8. The van der Waals surface area contributed by atoms with Gasteiger partial charge in [-0.3, -0.25) is 14.9 Å². The lowest BCUT2D eigenvalue weighted by molar-refractivity contribution is -0.386. The third kappa shape index (κ3) is 6.65. The summed E-state index contributed by atoms with van der Waals surface area (Å²) in [6.45, 7) is 6.08. The number of nitro benzene ring substituents is 1. The van der Waals surface area contributed by atoms with Crippen molar-refractivity contribution in [3.05, 3.63) is 27.8 Å². The third-order valence-corrected chi connectivity index (χ3v) is 3.25. The number of carbonyl (C=O) groups is 2. The standard InChI is InChI=1S/C17H24N2O8/c1-10(26-15(20)9-18-16(21)27-17(2,3)4)11-7-13(24-5)14(25-6)8-12(11)19(22)23/h7-8,10H,9H2,1-6H3,(H,18,21). The van der Waals surface area contributed by atoms with Gasteiger partial charge in [-0.15, -0.1) is 0 Å². The zero-order valence-electron chi connectivity index (χ0n) is 16.2. The lowest BCUT2D eigenvalue weighted by atomic mass is 10.1. The van der Waals surface area contributed by atoms with Crippen molar-refractivity contribution in [3.63, 3.8) is 0 Å². The van der Waals surface area contributed by atoms with Crippen molar-refractivity contribution in [2.24, 2.45) is 0 Å². The van der Waals surface area contributed by atoms with E-state index >= 15 is 0 Å². The zero-order chi connectivity index (χ0) is 20.8. The number of nitrogens with one attached hydrogen (secondary N) is 1. The highest BCUT2D eigenvalue weighted by molar-refractivity contribution is 5.78. The third-order valence-electron chi connectivity index (χ3n) is 3.25. The van der Waals surface area contributed by atoms with Gasteiger partial charge in [-0.05, 0) is 33.8 Å². The van der Waals surface area contributed by atoms with Crippen LogP contribution in [0.1, 0.15) is 39.4 Å². The molecule has 1 N–H and O–H groups in total. The molecule has 0 saturated heterocycles. The second-order valence-corrected chi connectivity index (χ2v) is 6.51. The Bertz CT molecular complexity index is 712. The van der Waals surface area contributed by atoms with E-state index < -0.39 is 35.2 Å². The number of hydrogen-bond donors (Lipinski definition) is 1. The average Bonchev–Trinajstić information content (AvgIpc) is 2.56. The molecule has 1 rings (SSSR count). The number of methoxy groups -OCH3 is 2. The van der Waals surface area contributed by atoms with Crippen molar-refractivity contribution in [2.75, 3.05) is 20.8 Å². The van der Waals surface area contributed by atoms with Gasteiger partial charge in [0.05, 0.1) is 30.8 Å². The van der Waals surface area contributed by atoms with Crippen molar-refractivity contribution in [3.8, 4) is 11.5 Å². The van der Waals surface area contributed by atoms with Crippen molar-refractivity contribution in [1.29, 1.82) is 0 Å². The first kappa shape index (κ1) is 22.0. The molecule has 10 heteroatoms. The number of alkyl carbamates (subject to hydrolysis) is 1. The molecule has 0 fully saturated rings. The maximum absolute atomic E-state index is 11.9. The summed E-state index contributed by atoms with van der Waals surface area (Å²) in [7, 11) is 2.74. The second-order valence-electron chi connectivity index (χ2n) is 6.51. The minimum absolute atomic E-state index is 0.128. The first-order chi connectivity index (χ1) is 12.5. The fraction of sp³-hybridized carbons (Fsp3) is 0.529. The molecule has 1 unspecified atom stereocenters. The van der Waals surface area contributed by atoms with Gasteiger partial charge in [-0.1, -0.05) is 0 Å². The summed E-state index contributed by atoms with van der Waals surface area (Å²) >= 11 is 0. The Balaban J connectivity index is 2.86. The molecule has 1 atom stereocenters. The maximum atomic E-state index is 11.9.